The van der Waals surface area contributed by atoms with Gasteiger partial charge in [0, 0.05) is 19.0 Å². The van der Waals surface area contributed by atoms with E-state index in [1.165, 1.54) is 6.42 Å². The first-order valence-electron chi connectivity index (χ1n) is 9.20. The molecule has 7 heteroatoms. The first-order chi connectivity index (χ1) is 12.7. The Morgan fingerprint density at radius 2 is 2.08 bits per heavy atom. The van der Waals surface area contributed by atoms with E-state index in [-0.39, 0.29) is 36.2 Å². The Bertz CT molecular complexity index is 649. The van der Waals surface area contributed by atoms with E-state index in [1.807, 2.05) is 24.3 Å². The maximum Gasteiger partial charge on any atom is 0.162 e. The van der Waals surface area contributed by atoms with Crippen molar-refractivity contribution in [3.63, 3.8) is 0 Å². The molecule has 2 fully saturated rings. The van der Waals surface area contributed by atoms with Crippen LogP contribution in [-0.2, 0) is 16.1 Å². The van der Waals surface area contributed by atoms with E-state index in [9.17, 15) is 5.11 Å². The number of methoxy groups -OCH3 is 1. The van der Waals surface area contributed by atoms with Crippen LogP contribution in [0.1, 0.15) is 18.9 Å². The number of benzene rings is 1. The number of amidine groups is 1. The first kappa shape index (κ1) is 18.1. The summed E-state index contributed by atoms with van der Waals surface area (Å²) in [5.41, 5.74) is 1.03. The number of likely N-dealkylation sites (tertiary alicyclic amines) is 1. The summed E-state index contributed by atoms with van der Waals surface area (Å²) in [6.45, 7) is 4.74. The van der Waals surface area contributed by atoms with Gasteiger partial charge >= 0.3 is 0 Å². The molecule has 6 nitrogen and oxygen atoms in total. The van der Waals surface area contributed by atoms with Gasteiger partial charge in [0.15, 0.2) is 5.17 Å². The molecule has 1 aromatic carbocycles. The van der Waals surface area contributed by atoms with Crippen molar-refractivity contribution in [3.8, 4) is 5.75 Å². The number of aliphatic imine (C=N–C) groups is 1. The van der Waals surface area contributed by atoms with Gasteiger partial charge in [-0.2, -0.15) is 0 Å². The highest BCUT2D eigenvalue weighted by Gasteiger charge is 2.49. The first-order valence-corrected chi connectivity index (χ1v) is 10.1. The van der Waals surface area contributed by atoms with E-state index < -0.39 is 0 Å². The van der Waals surface area contributed by atoms with Crippen molar-refractivity contribution in [1.29, 1.82) is 0 Å². The van der Waals surface area contributed by atoms with Gasteiger partial charge in [-0.25, -0.2) is 0 Å². The van der Waals surface area contributed by atoms with E-state index in [4.69, 9.17) is 19.2 Å². The van der Waals surface area contributed by atoms with Crippen LogP contribution in [0.4, 0.5) is 0 Å². The molecule has 0 radical (unpaired) electrons. The molecule has 5 atom stereocenters. The molecule has 1 N–H and O–H groups in total. The number of hydrogen-bond acceptors (Lipinski definition) is 7. The van der Waals surface area contributed by atoms with Crippen LogP contribution in [0.15, 0.2) is 29.3 Å². The number of nitrogens with zero attached hydrogens (tertiary/aromatic N) is 2. The van der Waals surface area contributed by atoms with E-state index in [0.29, 0.717) is 6.61 Å². The molecule has 3 aliphatic rings. The van der Waals surface area contributed by atoms with Gasteiger partial charge in [-0.1, -0.05) is 30.8 Å². The molecular weight excluding hydrogens is 352 g/mol. The van der Waals surface area contributed by atoms with Crippen molar-refractivity contribution in [1.82, 2.24) is 4.90 Å². The molecule has 142 valence electrons. The lowest BCUT2D eigenvalue weighted by molar-refractivity contribution is -0.148. The largest absolute Gasteiger partial charge is 0.497 e. The standard InChI is InChI=1S/C19H26N2O4S/c1-12-15(10-22)25-18-16(20-19(26-18)21-8-3-9-21)17(12)24-11-13-4-6-14(23-2)7-5-13/h4-7,12,15-18,22H,3,8-11H2,1-2H3/t12-,15-,16-,17+,18-/m1/s1. The predicted octanol–water partition coefficient (Wildman–Crippen LogP) is 2.11. The smallest absolute Gasteiger partial charge is 0.162 e. The van der Waals surface area contributed by atoms with Crippen LogP contribution in [0, 0.1) is 5.92 Å². The van der Waals surface area contributed by atoms with E-state index in [0.717, 1.165) is 29.6 Å². The zero-order valence-electron chi connectivity index (χ0n) is 15.2. The molecule has 1 aromatic rings. The third-order valence-corrected chi connectivity index (χ3v) is 6.61. The molecule has 4 rings (SSSR count). The minimum atomic E-state index is -0.212. The summed E-state index contributed by atoms with van der Waals surface area (Å²) in [5.74, 6) is 0.921. The Morgan fingerprint density at radius 1 is 1.31 bits per heavy atom. The Morgan fingerprint density at radius 3 is 2.69 bits per heavy atom. The molecule has 0 amide bonds. The average Bonchev–Trinajstić information content (AvgIpc) is 3.02. The topological polar surface area (TPSA) is 63.5 Å². The highest BCUT2D eigenvalue weighted by Crippen LogP contribution is 2.41. The number of fused-ring (bicyclic) bond motifs is 1. The van der Waals surface area contributed by atoms with Gasteiger partial charge in [-0.3, -0.25) is 4.99 Å². The fourth-order valence-corrected chi connectivity index (χ4v) is 4.86. The normalized spacial score (nSPS) is 33.4. The van der Waals surface area contributed by atoms with Gasteiger partial charge in [0.1, 0.15) is 17.2 Å². The van der Waals surface area contributed by atoms with Crippen molar-refractivity contribution < 1.29 is 19.3 Å². The number of aliphatic hydroxyl groups is 1. The average molecular weight is 378 g/mol. The minimum Gasteiger partial charge on any atom is -0.497 e. The highest BCUT2D eigenvalue weighted by atomic mass is 32.2. The van der Waals surface area contributed by atoms with Gasteiger partial charge in [-0.05, 0) is 24.1 Å². The number of thioether (sulfide) groups is 1. The van der Waals surface area contributed by atoms with Gasteiger partial charge in [-0.15, -0.1) is 0 Å². The maximum absolute atomic E-state index is 9.72. The molecule has 2 saturated heterocycles. The van der Waals surface area contributed by atoms with Crippen molar-refractivity contribution in [2.24, 2.45) is 10.9 Å². The van der Waals surface area contributed by atoms with Crippen molar-refractivity contribution in [2.75, 3.05) is 26.8 Å². The van der Waals surface area contributed by atoms with Crippen LogP contribution in [0.5, 0.6) is 5.75 Å². The maximum atomic E-state index is 9.72. The number of aliphatic hydroxyl groups excluding tert-OH is 1. The molecule has 0 unspecified atom stereocenters. The minimum absolute atomic E-state index is 0.00634. The van der Waals surface area contributed by atoms with Crippen LogP contribution in [0.3, 0.4) is 0 Å². The lowest BCUT2D eigenvalue weighted by atomic mass is 9.90. The number of hydrogen-bond donors (Lipinski definition) is 1. The van der Waals surface area contributed by atoms with Crippen LogP contribution in [0.2, 0.25) is 0 Å². The third-order valence-electron chi connectivity index (χ3n) is 5.42. The molecule has 0 aromatic heterocycles. The summed E-state index contributed by atoms with van der Waals surface area (Å²) in [5, 5.41) is 10.8. The van der Waals surface area contributed by atoms with E-state index >= 15 is 0 Å². The van der Waals surface area contributed by atoms with E-state index in [1.54, 1.807) is 18.9 Å². The van der Waals surface area contributed by atoms with Crippen molar-refractivity contribution >= 4 is 16.9 Å². The molecule has 0 saturated carbocycles. The Kier molecular flexibility index (Phi) is 5.40. The van der Waals surface area contributed by atoms with Crippen LogP contribution >= 0.6 is 11.8 Å². The van der Waals surface area contributed by atoms with Crippen LogP contribution in [0.25, 0.3) is 0 Å². The summed E-state index contributed by atoms with van der Waals surface area (Å²) in [6.07, 6.45) is 0.942. The summed E-state index contributed by atoms with van der Waals surface area (Å²) in [4.78, 5) is 7.22. The second-order valence-corrected chi connectivity index (χ2v) is 8.13. The van der Waals surface area contributed by atoms with Crippen LogP contribution in [-0.4, -0.2) is 65.7 Å². The van der Waals surface area contributed by atoms with Gasteiger partial charge < -0.3 is 24.2 Å². The zero-order valence-corrected chi connectivity index (χ0v) is 16.0. The molecule has 0 aliphatic carbocycles. The quantitative estimate of drug-likeness (QED) is 0.847. The number of rotatable bonds is 5. The molecule has 3 aliphatic heterocycles. The lowest BCUT2D eigenvalue weighted by Crippen LogP contribution is -2.52. The Hall–Kier alpha value is -1.28. The van der Waals surface area contributed by atoms with Crippen LogP contribution < -0.4 is 4.74 Å². The fraction of sp³-hybridized carbons (Fsp3) is 0.632. The summed E-state index contributed by atoms with van der Waals surface area (Å²) < 4.78 is 17.6. The highest BCUT2D eigenvalue weighted by molar-refractivity contribution is 8.14. The molecule has 0 spiro atoms. The van der Waals surface area contributed by atoms with E-state index in [2.05, 4.69) is 11.8 Å². The van der Waals surface area contributed by atoms with Gasteiger partial charge in [0.05, 0.1) is 32.5 Å². The summed E-state index contributed by atoms with van der Waals surface area (Å²) in [6, 6.07) is 7.89. The summed E-state index contributed by atoms with van der Waals surface area (Å²) in [7, 11) is 1.66. The predicted molar refractivity (Wildman–Crippen MR) is 101 cm³/mol. The summed E-state index contributed by atoms with van der Waals surface area (Å²) >= 11 is 1.68. The number of ether oxygens (including phenoxy) is 3. The molecule has 0 bridgehead atoms. The second-order valence-electron chi connectivity index (χ2n) is 7.07. The van der Waals surface area contributed by atoms with Crippen molar-refractivity contribution in [3.05, 3.63) is 29.8 Å². The second kappa shape index (κ2) is 7.76. The van der Waals surface area contributed by atoms with Crippen molar-refractivity contribution in [2.45, 2.75) is 43.6 Å². The third kappa shape index (κ3) is 3.45. The SMILES string of the molecule is COc1ccc(CO[C@H]2[C@H](C)[C@@H](CO)O[C@@H]3SC(N4CCC4)=N[C@H]23)cc1. The Balaban J connectivity index is 1.47. The molecule has 3 heterocycles. The monoisotopic (exact) mass is 378 g/mol. The fourth-order valence-electron chi connectivity index (χ4n) is 3.59. The van der Waals surface area contributed by atoms with Gasteiger partial charge in [0.25, 0.3) is 0 Å². The lowest BCUT2D eigenvalue weighted by Gasteiger charge is -2.41. The molecule has 26 heavy (non-hydrogen) atoms. The van der Waals surface area contributed by atoms with Gasteiger partial charge in [0.2, 0.25) is 0 Å². The Labute approximate surface area is 158 Å². The zero-order chi connectivity index (χ0) is 18.1. The molecular formula is C19H26N2O4S.